The second-order valence-corrected chi connectivity index (χ2v) is 6.90. The van der Waals surface area contributed by atoms with Crippen LogP contribution in [0.25, 0.3) is 0 Å². The monoisotopic (exact) mass is 311 g/mol. The molecule has 2 aromatic heterocycles. The lowest BCUT2D eigenvalue weighted by Crippen LogP contribution is -2.30. The van der Waals surface area contributed by atoms with Crippen molar-refractivity contribution in [3.63, 3.8) is 0 Å². The number of aryl methyl sites for hydroxylation is 2. The van der Waals surface area contributed by atoms with Crippen molar-refractivity contribution < 1.29 is 12.9 Å². The van der Waals surface area contributed by atoms with E-state index >= 15 is 0 Å². The van der Waals surface area contributed by atoms with E-state index in [-0.39, 0.29) is 10.9 Å². The zero-order valence-electron chi connectivity index (χ0n) is 11.9. The van der Waals surface area contributed by atoms with Gasteiger partial charge < -0.3 is 4.52 Å². The Morgan fingerprint density at radius 3 is 2.95 bits per heavy atom. The molecule has 21 heavy (non-hydrogen) atoms. The zero-order chi connectivity index (χ0) is 15.0. The molecule has 9 heteroatoms. The third kappa shape index (κ3) is 2.46. The van der Waals surface area contributed by atoms with E-state index in [4.69, 9.17) is 4.52 Å². The van der Waals surface area contributed by atoms with E-state index in [1.807, 2.05) is 6.92 Å². The molecule has 0 radical (unpaired) electrons. The largest absolute Gasteiger partial charge is 0.339 e. The molecule has 1 atom stereocenters. The van der Waals surface area contributed by atoms with Crippen molar-refractivity contribution in [2.75, 3.05) is 13.1 Å². The van der Waals surface area contributed by atoms with Gasteiger partial charge in [-0.3, -0.25) is 4.68 Å². The summed E-state index contributed by atoms with van der Waals surface area (Å²) in [5, 5.41) is 8.01. The van der Waals surface area contributed by atoms with Crippen LogP contribution in [0.15, 0.2) is 21.8 Å². The number of aromatic nitrogens is 4. The summed E-state index contributed by atoms with van der Waals surface area (Å²) in [6.45, 7) is 4.93. The van der Waals surface area contributed by atoms with Crippen LogP contribution in [0.1, 0.15) is 31.0 Å². The average Bonchev–Trinajstić information content (AvgIpc) is 3.18. The summed E-state index contributed by atoms with van der Waals surface area (Å²) in [5.41, 5.74) is 0. The van der Waals surface area contributed by atoms with Crippen molar-refractivity contribution in [3.05, 3.63) is 24.0 Å². The van der Waals surface area contributed by atoms with Gasteiger partial charge >= 0.3 is 0 Å². The molecule has 0 N–H and O–H groups in total. The molecule has 8 nitrogen and oxygen atoms in total. The van der Waals surface area contributed by atoms with Gasteiger partial charge in [-0.15, -0.1) is 0 Å². The molecule has 0 saturated carbocycles. The summed E-state index contributed by atoms with van der Waals surface area (Å²) >= 11 is 0. The van der Waals surface area contributed by atoms with E-state index in [1.165, 1.54) is 21.3 Å². The third-order valence-electron chi connectivity index (χ3n) is 3.62. The van der Waals surface area contributed by atoms with E-state index in [9.17, 15) is 8.42 Å². The van der Waals surface area contributed by atoms with Crippen molar-refractivity contribution in [3.8, 4) is 0 Å². The Balaban J connectivity index is 1.82. The second kappa shape index (κ2) is 5.23. The van der Waals surface area contributed by atoms with Gasteiger partial charge in [-0.2, -0.15) is 14.4 Å². The van der Waals surface area contributed by atoms with Crippen LogP contribution in [0.2, 0.25) is 0 Å². The first-order valence-electron chi connectivity index (χ1n) is 6.84. The van der Waals surface area contributed by atoms with E-state index in [0.717, 1.165) is 0 Å². The average molecular weight is 311 g/mol. The molecule has 2 aromatic rings. The SMILES string of the molecule is CCn1nccc1S(=O)(=O)N1CCC(c2nc(C)no2)C1. The molecule has 3 rings (SSSR count). The minimum atomic E-state index is -3.53. The first-order chi connectivity index (χ1) is 10.0. The fourth-order valence-corrected chi connectivity index (χ4v) is 4.20. The predicted molar refractivity (Wildman–Crippen MR) is 73.1 cm³/mol. The van der Waals surface area contributed by atoms with Crippen LogP contribution in [0.5, 0.6) is 0 Å². The van der Waals surface area contributed by atoms with E-state index in [2.05, 4.69) is 15.2 Å². The molecule has 1 fully saturated rings. The van der Waals surface area contributed by atoms with Crippen LogP contribution >= 0.6 is 0 Å². The van der Waals surface area contributed by atoms with E-state index in [1.54, 1.807) is 6.92 Å². The Labute approximate surface area is 122 Å². The van der Waals surface area contributed by atoms with Crippen molar-refractivity contribution in [1.29, 1.82) is 0 Å². The van der Waals surface area contributed by atoms with Crippen LogP contribution in [0.3, 0.4) is 0 Å². The highest BCUT2D eigenvalue weighted by Crippen LogP contribution is 2.30. The van der Waals surface area contributed by atoms with Gasteiger partial charge in [-0.1, -0.05) is 5.16 Å². The second-order valence-electron chi connectivity index (χ2n) is 5.01. The maximum Gasteiger partial charge on any atom is 0.260 e. The molecule has 114 valence electrons. The molecule has 3 heterocycles. The van der Waals surface area contributed by atoms with Gasteiger partial charge in [-0.05, 0) is 26.3 Å². The molecule has 0 spiro atoms. The minimum absolute atomic E-state index is 0.0426. The van der Waals surface area contributed by atoms with Crippen molar-refractivity contribution in [1.82, 2.24) is 24.2 Å². The van der Waals surface area contributed by atoms with Crippen molar-refractivity contribution in [2.45, 2.75) is 37.8 Å². The Bertz CT molecular complexity index is 736. The molecule has 0 aliphatic carbocycles. The summed E-state index contributed by atoms with van der Waals surface area (Å²) in [6.07, 6.45) is 2.19. The molecule has 0 amide bonds. The smallest absolute Gasteiger partial charge is 0.260 e. The first-order valence-corrected chi connectivity index (χ1v) is 8.28. The lowest BCUT2D eigenvalue weighted by molar-refractivity contribution is 0.351. The number of sulfonamides is 1. The summed E-state index contributed by atoms with van der Waals surface area (Å²) in [4.78, 5) is 4.19. The summed E-state index contributed by atoms with van der Waals surface area (Å²) < 4.78 is 33.4. The quantitative estimate of drug-likeness (QED) is 0.828. The van der Waals surface area contributed by atoms with Gasteiger partial charge in [0.15, 0.2) is 10.9 Å². The minimum Gasteiger partial charge on any atom is -0.339 e. The molecule has 0 aromatic carbocycles. The maximum atomic E-state index is 12.7. The fourth-order valence-electron chi connectivity index (χ4n) is 2.54. The van der Waals surface area contributed by atoms with Gasteiger partial charge in [-0.25, -0.2) is 8.42 Å². The summed E-state index contributed by atoms with van der Waals surface area (Å²) in [5.74, 6) is 1.03. The van der Waals surface area contributed by atoms with Crippen LogP contribution in [0.4, 0.5) is 0 Å². The van der Waals surface area contributed by atoms with Crippen LogP contribution in [-0.2, 0) is 16.6 Å². The molecule has 1 saturated heterocycles. The lowest BCUT2D eigenvalue weighted by Gasteiger charge is -2.16. The zero-order valence-corrected chi connectivity index (χ0v) is 12.7. The normalized spacial score (nSPS) is 20.2. The van der Waals surface area contributed by atoms with Gasteiger partial charge in [0.25, 0.3) is 10.0 Å². The highest BCUT2D eigenvalue weighted by Gasteiger charge is 2.37. The van der Waals surface area contributed by atoms with Crippen LogP contribution in [-0.4, -0.2) is 45.7 Å². The molecule has 1 aliphatic heterocycles. The van der Waals surface area contributed by atoms with Crippen LogP contribution < -0.4 is 0 Å². The summed E-state index contributed by atoms with van der Waals surface area (Å²) in [7, 11) is -3.53. The maximum absolute atomic E-state index is 12.7. The first kappa shape index (κ1) is 14.2. The highest BCUT2D eigenvalue weighted by atomic mass is 32.2. The Kier molecular flexibility index (Phi) is 3.54. The van der Waals surface area contributed by atoms with Gasteiger partial charge in [0, 0.05) is 19.6 Å². The molecule has 1 unspecified atom stereocenters. The Morgan fingerprint density at radius 1 is 1.48 bits per heavy atom. The van der Waals surface area contributed by atoms with Crippen molar-refractivity contribution >= 4 is 10.0 Å². The van der Waals surface area contributed by atoms with E-state index in [0.29, 0.717) is 37.8 Å². The number of rotatable bonds is 4. The summed E-state index contributed by atoms with van der Waals surface area (Å²) in [6, 6.07) is 1.53. The van der Waals surface area contributed by atoms with Crippen molar-refractivity contribution in [2.24, 2.45) is 0 Å². The number of hydrogen-bond donors (Lipinski definition) is 0. The van der Waals surface area contributed by atoms with Crippen LogP contribution in [0, 0.1) is 6.92 Å². The number of hydrogen-bond acceptors (Lipinski definition) is 6. The van der Waals surface area contributed by atoms with Gasteiger partial charge in [0.05, 0.1) is 12.1 Å². The molecular formula is C12H17N5O3S. The topological polar surface area (TPSA) is 94.1 Å². The molecular weight excluding hydrogens is 294 g/mol. The Morgan fingerprint density at radius 2 is 2.29 bits per heavy atom. The van der Waals surface area contributed by atoms with Gasteiger partial charge in [0.2, 0.25) is 5.89 Å². The van der Waals surface area contributed by atoms with E-state index < -0.39 is 10.0 Å². The van der Waals surface area contributed by atoms with Gasteiger partial charge in [0.1, 0.15) is 0 Å². The Hall–Kier alpha value is -1.74. The predicted octanol–water partition coefficient (Wildman–Crippen LogP) is 0.773. The number of nitrogens with zero attached hydrogens (tertiary/aromatic N) is 5. The lowest BCUT2D eigenvalue weighted by atomic mass is 10.1. The standard InChI is InChI=1S/C12H17N5O3S/c1-3-17-11(4-6-13-17)21(18,19)16-7-5-10(8-16)12-14-9(2)15-20-12/h4,6,10H,3,5,7-8H2,1-2H3. The molecule has 1 aliphatic rings. The fraction of sp³-hybridized carbons (Fsp3) is 0.583. The third-order valence-corrected chi connectivity index (χ3v) is 5.51. The molecule has 0 bridgehead atoms. The highest BCUT2D eigenvalue weighted by molar-refractivity contribution is 7.89.